The summed E-state index contributed by atoms with van der Waals surface area (Å²) < 4.78 is 6.50. The molecule has 7 heteroatoms. The molecule has 1 fully saturated rings. The molecule has 0 spiro atoms. The van der Waals surface area contributed by atoms with E-state index in [0.717, 1.165) is 40.4 Å². The first kappa shape index (κ1) is 19.8. The van der Waals surface area contributed by atoms with Crippen molar-refractivity contribution in [3.63, 3.8) is 0 Å². The zero-order chi connectivity index (χ0) is 19.7. The molecule has 1 aliphatic heterocycles. The second-order valence-corrected chi connectivity index (χ2v) is 9.52. The molecular formula is C21H24ClN3OS2. The van der Waals surface area contributed by atoms with Gasteiger partial charge in [-0.3, -0.25) is 4.79 Å². The molecule has 0 bridgehead atoms. The minimum Gasteiger partial charge on any atom is -0.317 e. The molecule has 2 aromatic rings. The average molecular weight is 434 g/mol. The van der Waals surface area contributed by atoms with E-state index in [1.807, 2.05) is 17.0 Å². The Labute approximate surface area is 179 Å². The Bertz CT molecular complexity index is 905. The van der Waals surface area contributed by atoms with Crippen LogP contribution < -0.4 is 9.44 Å². The van der Waals surface area contributed by atoms with Gasteiger partial charge in [0, 0.05) is 53.0 Å². The second-order valence-electron chi connectivity index (χ2n) is 7.56. The number of benzene rings is 1. The third kappa shape index (κ3) is 4.57. The molecule has 1 saturated carbocycles. The molecule has 2 N–H and O–H groups in total. The standard InChI is InChI=1S/C21H24ClN3OS2/c1-13(2)23-28-24-16-4-7-18(19(22)10-16)20-9-15(12-27-20)14-3-8-21(26)25(11-14)17-5-6-17/h4,7,9-13,17,23-24H,3,5-6,8H2,1-2H3. The Morgan fingerprint density at radius 2 is 2.07 bits per heavy atom. The lowest BCUT2D eigenvalue weighted by molar-refractivity contribution is -0.129. The van der Waals surface area contributed by atoms with Crippen molar-refractivity contribution >= 4 is 52.2 Å². The largest absolute Gasteiger partial charge is 0.317 e. The molecule has 4 nitrogen and oxygen atoms in total. The Hall–Kier alpha value is -1.47. The van der Waals surface area contributed by atoms with Crippen LogP contribution in [0.15, 0.2) is 35.8 Å². The summed E-state index contributed by atoms with van der Waals surface area (Å²) in [5, 5.41) is 2.91. The number of anilines is 1. The first-order valence-electron chi connectivity index (χ1n) is 9.59. The van der Waals surface area contributed by atoms with Crippen LogP contribution in [0.4, 0.5) is 5.69 Å². The lowest BCUT2D eigenvalue weighted by Crippen LogP contribution is -2.30. The average Bonchev–Trinajstić information content (AvgIpc) is 3.39. The quantitative estimate of drug-likeness (QED) is 0.512. The van der Waals surface area contributed by atoms with Gasteiger partial charge in [0.2, 0.25) is 5.91 Å². The van der Waals surface area contributed by atoms with E-state index in [2.05, 4.69) is 47.0 Å². The van der Waals surface area contributed by atoms with Crippen molar-refractivity contribution in [2.45, 2.75) is 51.6 Å². The molecule has 4 rings (SSSR count). The van der Waals surface area contributed by atoms with Crippen molar-refractivity contribution in [3.05, 3.63) is 46.4 Å². The number of carbonyl (C=O) groups excluding carboxylic acids is 1. The van der Waals surface area contributed by atoms with Gasteiger partial charge in [-0.05, 0) is 73.9 Å². The van der Waals surface area contributed by atoms with E-state index < -0.39 is 0 Å². The smallest absolute Gasteiger partial charge is 0.227 e. The topological polar surface area (TPSA) is 44.4 Å². The first-order valence-corrected chi connectivity index (χ1v) is 11.7. The van der Waals surface area contributed by atoms with Gasteiger partial charge in [-0.25, -0.2) is 4.72 Å². The lowest BCUT2D eigenvalue weighted by atomic mass is 10.0. The Kier molecular flexibility index (Phi) is 6.01. The third-order valence-electron chi connectivity index (χ3n) is 4.80. The van der Waals surface area contributed by atoms with Crippen LogP contribution in [0.1, 0.15) is 45.1 Å². The number of nitrogens with one attached hydrogen (secondary N) is 2. The molecule has 0 atom stereocenters. The summed E-state index contributed by atoms with van der Waals surface area (Å²) in [6, 6.07) is 9.09. The van der Waals surface area contributed by atoms with E-state index in [4.69, 9.17) is 11.6 Å². The normalized spacial score (nSPS) is 17.2. The SMILES string of the molecule is CC(C)NSNc1ccc(-c2cc(C3=CN(C4CC4)C(=O)CC3)cs2)c(Cl)c1. The Balaban J connectivity index is 1.49. The van der Waals surface area contributed by atoms with Crippen LogP contribution in [0.25, 0.3) is 16.0 Å². The van der Waals surface area contributed by atoms with Crippen molar-refractivity contribution in [2.75, 3.05) is 4.72 Å². The third-order valence-corrected chi connectivity index (χ3v) is 7.00. The van der Waals surface area contributed by atoms with Crippen molar-refractivity contribution in [1.29, 1.82) is 0 Å². The molecule has 1 aliphatic carbocycles. The minimum atomic E-state index is 0.262. The van der Waals surface area contributed by atoms with Gasteiger partial charge in [0.25, 0.3) is 0 Å². The van der Waals surface area contributed by atoms with E-state index in [1.165, 1.54) is 23.3 Å². The van der Waals surface area contributed by atoms with E-state index in [1.54, 1.807) is 11.3 Å². The Morgan fingerprint density at radius 3 is 2.79 bits per heavy atom. The number of amides is 1. The highest BCUT2D eigenvalue weighted by atomic mass is 35.5. The highest BCUT2D eigenvalue weighted by Gasteiger charge is 2.33. The number of thiophene rings is 1. The maximum atomic E-state index is 12.1. The summed E-state index contributed by atoms with van der Waals surface area (Å²) >= 11 is 9.72. The summed E-state index contributed by atoms with van der Waals surface area (Å²) in [6.45, 7) is 4.20. The molecule has 1 amide bonds. The molecular weight excluding hydrogens is 410 g/mol. The predicted octanol–water partition coefficient (Wildman–Crippen LogP) is 6.17. The number of hydrogen-bond acceptors (Lipinski definition) is 5. The maximum absolute atomic E-state index is 12.1. The molecule has 0 saturated heterocycles. The number of nitrogens with zero attached hydrogens (tertiary/aromatic N) is 1. The summed E-state index contributed by atoms with van der Waals surface area (Å²) in [6.07, 6.45) is 5.76. The van der Waals surface area contributed by atoms with Crippen molar-refractivity contribution < 1.29 is 4.79 Å². The van der Waals surface area contributed by atoms with E-state index in [-0.39, 0.29) is 5.91 Å². The van der Waals surface area contributed by atoms with E-state index in [9.17, 15) is 4.79 Å². The number of carbonyl (C=O) groups is 1. The molecule has 0 radical (unpaired) electrons. The van der Waals surface area contributed by atoms with Gasteiger partial charge < -0.3 is 9.62 Å². The van der Waals surface area contributed by atoms with Crippen LogP contribution in [0, 0.1) is 0 Å². The fraction of sp³-hybridized carbons (Fsp3) is 0.381. The van der Waals surface area contributed by atoms with Gasteiger partial charge in [-0.1, -0.05) is 11.6 Å². The van der Waals surface area contributed by atoms with Crippen LogP contribution in [-0.4, -0.2) is 22.9 Å². The monoisotopic (exact) mass is 433 g/mol. The van der Waals surface area contributed by atoms with Crippen molar-refractivity contribution in [2.24, 2.45) is 0 Å². The molecule has 2 heterocycles. The molecule has 1 aromatic heterocycles. The van der Waals surface area contributed by atoms with Crippen LogP contribution >= 0.6 is 35.1 Å². The molecule has 0 unspecified atom stereocenters. The minimum absolute atomic E-state index is 0.262. The van der Waals surface area contributed by atoms with Crippen LogP contribution in [0.2, 0.25) is 5.02 Å². The zero-order valence-electron chi connectivity index (χ0n) is 16.0. The van der Waals surface area contributed by atoms with Gasteiger partial charge in [-0.15, -0.1) is 11.3 Å². The van der Waals surface area contributed by atoms with E-state index >= 15 is 0 Å². The summed E-state index contributed by atoms with van der Waals surface area (Å²) in [4.78, 5) is 15.2. The molecule has 2 aliphatic rings. The lowest BCUT2D eigenvalue weighted by Gasteiger charge is -2.24. The van der Waals surface area contributed by atoms with Gasteiger partial charge in [0.05, 0.1) is 5.02 Å². The fourth-order valence-electron chi connectivity index (χ4n) is 3.19. The Morgan fingerprint density at radius 1 is 1.25 bits per heavy atom. The van der Waals surface area contributed by atoms with Gasteiger partial charge in [0.15, 0.2) is 0 Å². The summed E-state index contributed by atoms with van der Waals surface area (Å²) in [5.74, 6) is 0.262. The van der Waals surface area contributed by atoms with Crippen LogP contribution in [0.3, 0.4) is 0 Å². The van der Waals surface area contributed by atoms with E-state index in [0.29, 0.717) is 18.5 Å². The summed E-state index contributed by atoms with van der Waals surface area (Å²) in [5.41, 5.74) is 4.46. The predicted molar refractivity (Wildman–Crippen MR) is 121 cm³/mol. The van der Waals surface area contributed by atoms with Crippen molar-refractivity contribution in [3.8, 4) is 10.4 Å². The molecule has 148 valence electrons. The fourth-order valence-corrected chi connectivity index (χ4v) is 5.04. The highest BCUT2D eigenvalue weighted by Crippen LogP contribution is 2.39. The zero-order valence-corrected chi connectivity index (χ0v) is 18.4. The second kappa shape index (κ2) is 8.49. The van der Waals surface area contributed by atoms with Crippen LogP contribution in [-0.2, 0) is 4.79 Å². The number of hydrogen-bond donors (Lipinski definition) is 2. The van der Waals surface area contributed by atoms with Gasteiger partial charge in [0.1, 0.15) is 0 Å². The number of allylic oxidation sites excluding steroid dienone is 1. The first-order chi connectivity index (χ1) is 13.5. The van der Waals surface area contributed by atoms with Gasteiger partial charge in [-0.2, -0.15) is 0 Å². The number of rotatable bonds is 7. The van der Waals surface area contributed by atoms with Crippen LogP contribution in [0.5, 0.6) is 0 Å². The van der Waals surface area contributed by atoms with Crippen molar-refractivity contribution in [1.82, 2.24) is 9.62 Å². The maximum Gasteiger partial charge on any atom is 0.227 e. The van der Waals surface area contributed by atoms with Gasteiger partial charge >= 0.3 is 0 Å². The molecule has 1 aromatic carbocycles. The molecule has 28 heavy (non-hydrogen) atoms. The number of halogens is 1. The highest BCUT2D eigenvalue weighted by molar-refractivity contribution is 7.98. The summed E-state index contributed by atoms with van der Waals surface area (Å²) in [7, 11) is 0.